The van der Waals surface area contributed by atoms with Crippen LogP contribution in [0.4, 0.5) is 5.69 Å². The van der Waals surface area contributed by atoms with Gasteiger partial charge in [-0.2, -0.15) is 4.98 Å². The van der Waals surface area contributed by atoms with E-state index in [0.29, 0.717) is 16.8 Å². The lowest BCUT2D eigenvalue weighted by molar-refractivity contribution is -0.384. The van der Waals surface area contributed by atoms with E-state index in [0.717, 1.165) is 0 Å². The molecule has 0 fully saturated rings. The standard InChI is InChI=1S/C10H9N3O4S/c1-7-11-10(17-12-7)18-6-16-9-4-2-3-8(5-9)13(14)15/h2-5H,6H2,1H3. The van der Waals surface area contributed by atoms with E-state index in [1.807, 2.05) is 0 Å². The van der Waals surface area contributed by atoms with Gasteiger partial charge in [0.2, 0.25) is 0 Å². The predicted molar refractivity (Wildman–Crippen MR) is 63.5 cm³/mol. The number of nitro benzene ring substituents is 1. The summed E-state index contributed by atoms with van der Waals surface area (Å²) >= 11 is 1.22. The molecule has 2 rings (SSSR count). The van der Waals surface area contributed by atoms with Crippen LogP contribution in [-0.4, -0.2) is 21.0 Å². The van der Waals surface area contributed by atoms with Gasteiger partial charge in [0.1, 0.15) is 11.7 Å². The molecule has 0 atom stereocenters. The molecule has 0 saturated heterocycles. The van der Waals surface area contributed by atoms with Gasteiger partial charge in [0.15, 0.2) is 5.82 Å². The van der Waals surface area contributed by atoms with Crippen LogP contribution < -0.4 is 4.74 Å². The largest absolute Gasteiger partial charge is 0.482 e. The maximum Gasteiger partial charge on any atom is 0.288 e. The Morgan fingerprint density at radius 2 is 2.39 bits per heavy atom. The fourth-order valence-corrected chi connectivity index (χ4v) is 1.75. The molecule has 2 aromatic rings. The minimum absolute atomic E-state index is 0.00821. The third kappa shape index (κ3) is 3.20. The molecule has 0 aliphatic heterocycles. The first-order chi connectivity index (χ1) is 8.65. The molecule has 94 valence electrons. The minimum Gasteiger partial charge on any atom is -0.482 e. The monoisotopic (exact) mass is 267 g/mol. The van der Waals surface area contributed by atoms with Crippen LogP contribution >= 0.6 is 11.8 Å². The van der Waals surface area contributed by atoms with Crippen LogP contribution in [0.15, 0.2) is 34.0 Å². The Morgan fingerprint density at radius 1 is 1.56 bits per heavy atom. The first-order valence-corrected chi connectivity index (χ1v) is 5.94. The molecule has 7 nitrogen and oxygen atoms in total. The Labute approximate surface area is 106 Å². The topological polar surface area (TPSA) is 91.3 Å². The molecule has 0 aliphatic rings. The highest BCUT2D eigenvalue weighted by atomic mass is 32.2. The summed E-state index contributed by atoms with van der Waals surface area (Å²) in [5.74, 6) is 1.21. The van der Waals surface area contributed by atoms with E-state index in [-0.39, 0.29) is 11.6 Å². The van der Waals surface area contributed by atoms with E-state index in [1.165, 1.54) is 23.9 Å². The Hall–Kier alpha value is -2.09. The molecule has 0 N–H and O–H groups in total. The maximum atomic E-state index is 10.6. The Balaban J connectivity index is 1.90. The number of hydrogen-bond acceptors (Lipinski definition) is 7. The van der Waals surface area contributed by atoms with Gasteiger partial charge in [-0.3, -0.25) is 10.1 Å². The SMILES string of the molecule is Cc1noc(SCOc2cccc([N+](=O)[O-])c2)n1. The smallest absolute Gasteiger partial charge is 0.288 e. The number of nitro groups is 1. The van der Waals surface area contributed by atoms with Gasteiger partial charge in [0, 0.05) is 6.07 Å². The van der Waals surface area contributed by atoms with Crippen LogP contribution in [0.5, 0.6) is 5.75 Å². The molecule has 0 radical (unpaired) electrons. The quantitative estimate of drug-likeness (QED) is 0.355. The van der Waals surface area contributed by atoms with Gasteiger partial charge in [-0.25, -0.2) is 0 Å². The Kier molecular flexibility index (Phi) is 3.78. The van der Waals surface area contributed by atoms with Crippen LogP contribution in [0.25, 0.3) is 0 Å². The second-order valence-corrected chi connectivity index (χ2v) is 4.14. The lowest BCUT2D eigenvalue weighted by Gasteiger charge is -2.02. The summed E-state index contributed by atoms with van der Waals surface area (Å²) in [6, 6.07) is 5.97. The van der Waals surface area contributed by atoms with E-state index in [1.54, 1.807) is 19.1 Å². The number of aryl methyl sites for hydroxylation is 1. The van der Waals surface area contributed by atoms with E-state index in [4.69, 9.17) is 9.26 Å². The molecule has 0 spiro atoms. The van der Waals surface area contributed by atoms with Crippen LogP contribution in [0, 0.1) is 17.0 Å². The lowest BCUT2D eigenvalue weighted by atomic mass is 10.3. The molecule has 0 amide bonds. The number of rotatable bonds is 5. The van der Waals surface area contributed by atoms with Crippen molar-refractivity contribution in [2.75, 3.05) is 5.94 Å². The molecule has 0 saturated carbocycles. The molecular formula is C10H9N3O4S. The molecule has 1 aromatic carbocycles. The van der Waals surface area contributed by atoms with Gasteiger partial charge in [-0.15, -0.1) is 0 Å². The van der Waals surface area contributed by atoms with E-state index in [9.17, 15) is 10.1 Å². The fraction of sp³-hybridized carbons (Fsp3) is 0.200. The zero-order valence-electron chi connectivity index (χ0n) is 9.40. The zero-order chi connectivity index (χ0) is 13.0. The molecule has 0 unspecified atom stereocenters. The van der Waals surface area contributed by atoms with Gasteiger partial charge in [0.25, 0.3) is 10.9 Å². The van der Waals surface area contributed by atoms with Crippen LogP contribution in [-0.2, 0) is 0 Å². The van der Waals surface area contributed by atoms with Crippen molar-refractivity contribution in [2.24, 2.45) is 0 Å². The third-order valence-electron chi connectivity index (χ3n) is 1.95. The van der Waals surface area contributed by atoms with Crippen molar-refractivity contribution in [1.29, 1.82) is 0 Å². The van der Waals surface area contributed by atoms with Crippen molar-refractivity contribution in [3.63, 3.8) is 0 Å². The second-order valence-electron chi connectivity index (χ2n) is 3.27. The van der Waals surface area contributed by atoms with Crippen molar-refractivity contribution in [3.8, 4) is 5.75 Å². The number of benzene rings is 1. The van der Waals surface area contributed by atoms with E-state index < -0.39 is 4.92 Å². The molecule has 1 heterocycles. The van der Waals surface area contributed by atoms with Crippen LogP contribution in [0.3, 0.4) is 0 Å². The molecule has 0 bridgehead atoms. The zero-order valence-corrected chi connectivity index (χ0v) is 10.2. The van der Waals surface area contributed by atoms with Crippen LogP contribution in [0.2, 0.25) is 0 Å². The first kappa shape index (κ1) is 12.4. The Bertz CT molecular complexity index is 558. The van der Waals surface area contributed by atoms with Gasteiger partial charge >= 0.3 is 0 Å². The van der Waals surface area contributed by atoms with Gasteiger partial charge in [-0.05, 0) is 24.8 Å². The number of hydrogen-bond donors (Lipinski definition) is 0. The van der Waals surface area contributed by atoms with Gasteiger partial charge in [-0.1, -0.05) is 11.2 Å². The number of non-ortho nitro benzene ring substituents is 1. The summed E-state index contributed by atoms with van der Waals surface area (Å²) in [5.41, 5.74) is -0.00821. The molecule has 8 heteroatoms. The van der Waals surface area contributed by atoms with Gasteiger partial charge in [0.05, 0.1) is 11.0 Å². The molecule has 18 heavy (non-hydrogen) atoms. The van der Waals surface area contributed by atoms with Crippen molar-refractivity contribution in [2.45, 2.75) is 12.1 Å². The summed E-state index contributed by atoms with van der Waals surface area (Å²) in [4.78, 5) is 14.1. The number of aromatic nitrogens is 2. The number of thioether (sulfide) groups is 1. The third-order valence-corrected chi connectivity index (χ3v) is 2.59. The van der Waals surface area contributed by atoms with Crippen molar-refractivity contribution in [3.05, 3.63) is 40.2 Å². The lowest BCUT2D eigenvalue weighted by Crippen LogP contribution is -1.94. The fourth-order valence-electron chi connectivity index (χ4n) is 1.17. The van der Waals surface area contributed by atoms with Crippen molar-refractivity contribution < 1.29 is 14.2 Å². The van der Waals surface area contributed by atoms with Crippen LogP contribution in [0.1, 0.15) is 5.82 Å². The average molecular weight is 267 g/mol. The summed E-state index contributed by atoms with van der Waals surface area (Å²) in [7, 11) is 0. The summed E-state index contributed by atoms with van der Waals surface area (Å²) < 4.78 is 10.2. The highest BCUT2D eigenvalue weighted by molar-refractivity contribution is 7.98. The molecular weight excluding hydrogens is 258 g/mol. The Morgan fingerprint density at radius 3 is 3.06 bits per heavy atom. The summed E-state index contributed by atoms with van der Waals surface area (Å²) in [5, 5.41) is 14.6. The highest BCUT2D eigenvalue weighted by Gasteiger charge is 2.07. The normalized spacial score (nSPS) is 10.3. The molecule has 0 aliphatic carbocycles. The van der Waals surface area contributed by atoms with E-state index >= 15 is 0 Å². The number of ether oxygens (including phenoxy) is 1. The summed E-state index contributed by atoms with van der Waals surface area (Å²) in [6.45, 7) is 1.72. The molecule has 1 aromatic heterocycles. The highest BCUT2D eigenvalue weighted by Crippen LogP contribution is 2.22. The second kappa shape index (κ2) is 5.50. The van der Waals surface area contributed by atoms with Gasteiger partial charge < -0.3 is 9.26 Å². The maximum absolute atomic E-state index is 10.6. The summed E-state index contributed by atoms with van der Waals surface area (Å²) in [6.07, 6.45) is 0. The first-order valence-electron chi connectivity index (χ1n) is 4.95. The predicted octanol–water partition coefficient (Wildman–Crippen LogP) is 2.41. The average Bonchev–Trinajstić information content (AvgIpc) is 2.75. The van der Waals surface area contributed by atoms with Crippen molar-refractivity contribution in [1.82, 2.24) is 10.1 Å². The van der Waals surface area contributed by atoms with E-state index in [2.05, 4.69) is 10.1 Å². The van der Waals surface area contributed by atoms with Crippen molar-refractivity contribution >= 4 is 17.4 Å². The minimum atomic E-state index is -0.471. The number of nitrogens with zero attached hydrogens (tertiary/aromatic N) is 3.